The number of unbranched alkanes of at least 4 members (excludes halogenated alkanes) is 26. The minimum Gasteiger partial charge on any atom is -0.462 e. The summed E-state index contributed by atoms with van der Waals surface area (Å²) in [4.78, 5) is 38.2. The number of rotatable bonds is 58. The third kappa shape index (κ3) is 64.3. The van der Waals surface area contributed by atoms with E-state index in [1.807, 2.05) is 6.08 Å². The standard InChI is InChI=1S/C73H120O6/c1-4-7-10-13-16-19-22-25-27-28-29-30-31-32-33-34-35-36-37-38-39-40-41-42-43-44-46-48-51-54-57-60-63-66-72(75)78-69-70(68-77-71(74)65-62-59-56-53-50-47-24-21-18-15-12-9-6-3)79-73(76)67-64-61-58-55-52-49-45-26-23-20-17-14-11-8-5-2/h7-8,10-11,16-17,19-21,24-27,29-30,32-33,45,52,55,61,64,70H,4-6,9,12-15,18,22-23,28,31,34-44,46-51,53-54,56-60,62-63,65-69H2,1-3H3/b10-7-,11-8-,19-16-,20-17-,24-21-,27-25-,30-29-,33-32-,45-26-,55-52-,64-61-. The summed E-state index contributed by atoms with van der Waals surface area (Å²) in [5.74, 6) is -1.06. The summed E-state index contributed by atoms with van der Waals surface area (Å²) in [6.07, 6.45) is 93.6. The molecule has 0 aliphatic heterocycles. The van der Waals surface area contributed by atoms with Gasteiger partial charge in [0, 0.05) is 12.8 Å². The summed E-state index contributed by atoms with van der Waals surface area (Å²) in [7, 11) is 0. The lowest BCUT2D eigenvalue weighted by Gasteiger charge is -2.18. The number of esters is 3. The van der Waals surface area contributed by atoms with Crippen molar-refractivity contribution in [1.29, 1.82) is 0 Å². The molecule has 0 spiro atoms. The summed E-state index contributed by atoms with van der Waals surface area (Å²) in [5, 5.41) is 0. The molecule has 1 atom stereocenters. The Morgan fingerprint density at radius 1 is 0.278 bits per heavy atom. The number of allylic oxidation sites excluding steroid dienone is 21. The smallest absolute Gasteiger partial charge is 0.310 e. The van der Waals surface area contributed by atoms with E-state index in [4.69, 9.17) is 14.2 Å². The van der Waals surface area contributed by atoms with Crippen molar-refractivity contribution in [3.05, 3.63) is 134 Å². The molecule has 0 aromatic carbocycles. The Bertz CT molecular complexity index is 1680. The van der Waals surface area contributed by atoms with E-state index in [0.717, 1.165) is 116 Å². The van der Waals surface area contributed by atoms with Crippen molar-refractivity contribution in [3.8, 4) is 0 Å². The molecule has 0 aliphatic rings. The first-order valence-electron chi connectivity index (χ1n) is 32.7. The second-order valence-corrected chi connectivity index (χ2v) is 21.3. The Labute approximate surface area is 487 Å². The second-order valence-electron chi connectivity index (χ2n) is 21.3. The average molecular weight is 1090 g/mol. The van der Waals surface area contributed by atoms with Gasteiger partial charge in [0.2, 0.25) is 0 Å². The highest BCUT2D eigenvalue weighted by Gasteiger charge is 2.19. The molecule has 0 bridgehead atoms. The Kier molecular flexibility index (Phi) is 62.3. The van der Waals surface area contributed by atoms with E-state index >= 15 is 0 Å². The van der Waals surface area contributed by atoms with Gasteiger partial charge >= 0.3 is 17.9 Å². The number of carbonyl (C=O) groups is 3. The molecule has 1 unspecified atom stereocenters. The first-order valence-corrected chi connectivity index (χ1v) is 32.7. The van der Waals surface area contributed by atoms with Crippen LogP contribution in [0.25, 0.3) is 0 Å². The van der Waals surface area contributed by atoms with Gasteiger partial charge in [0.05, 0.1) is 6.42 Å². The highest BCUT2D eigenvalue weighted by atomic mass is 16.6. The number of hydrogen-bond donors (Lipinski definition) is 0. The van der Waals surface area contributed by atoms with Gasteiger partial charge in [0.15, 0.2) is 6.10 Å². The molecule has 0 saturated heterocycles. The van der Waals surface area contributed by atoms with Gasteiger partial charge in [0.25, 0.3) is 0 Å². The zero-order valence-corrected chi connectivity index (χ0v) is 51.3. The van der Waals surface area contributed by atoms with Crippen LogP contribution in [0.5, 0.6) is 0 Å². The lowest BCUT2D eigenvalue weighted by Crippen LogP contribution is -2.30. The molecule has 6 nitrogen and oxygen atoms in total. The molecule has 0 amide bonds. The van der Waals surface area contributed by atoms with Crippen LogP contribution in [-0.4, -0.2) is 37.2 Å². The number of ether oxygens (including phenoxy) is 3. The van der Waals surface area contributed by atoms with Gasteiger partial charge in [-0.3, -0.25) is 14.4 Å². The molecule has 448 valence electrons. The van der Waals surface area contributed by atoms with Crippen LogP contribution in [0.2, 0.25) is 0 Å². The van der Waals surface area contributed by atoms with Gasteiger partial charge in [-0.05, 0) is 116 Å². The van der Waals surface area contributed by atoms with E-state index in [1.165, 1.54) is 135 Å². The van der Waals surface area contributed by atoms with Crippen molar-refractivity contribution in [3.63, 3.8) is 0 Å². The minimum atomic E-state index is -0.838. The van der Waals surface area contributed by atoms with E-state index < -0.39 is 12.1 Å². The molecule has 0 fully saturated rings. The Hall–Kier alpha value is -4.45. The predicted octanol–water partition coefficient (Wildman–Crippen LogP) is 22.5. The van der Waals surface area contributed by atoms with Gasteiger partial charge in [-0.25, -0.2) is 0 Å². The van der Waals surface area contributed by atoms with Crippen molar-refractivity contribution in [2.45, 2.75) is 297 Å². The molecular formula is C73H120O6. The fourth-order valence-electron chi connectivity index (χ4n) is 8.83. The fraction of sp³-hybridized carbons (Fsp3) is 0.658. The zero-order chi connectivity index (χ0) is 57.1. The van der Waals surface area contributed by atoms with E-state index in [9.17, 15) is 14.4 Å². The molecule has 0 aliphatic carbocycles. The summed E-state index contributed by atoms with van der Waals surface area (Å²) in [5.41, 5.74) is 0. The summed E-state index contributed by atoms with van der Waals surface area (Å²) < 4.78 is 16.8. The molecule has 0 radical (unpaired) electrons. The van der Waals surface area contributed by atoms with E-state index in [0.29, 0.717) is 12.8 Å². The summed E-state index contributed by atoms with van der Waals surface area (Å²) >= 11 is 0. The summed E-state index contributed by atoms with van der Waals surface area (Å²) in [6.45, 7) is 6.31. The average Bonchev–Trinajstić information content (AvgIpc) is 3.45. The predicted molar refractivity (Wildman–Crippen MR) is 343 cm³/mol. The summed E-state index contributed by atoms with van der Waals surface area (Å²) in [6, 6.07) is 0. The maximum Gasteiger partial charge on any atom is 0.310 e. The van der Waals surface area contributed by atoms with Crippen LogP contribution in [0.4, 0.5) is 0 Å². The number of carbonyl (C=O) groups excluding carboxylic acids is 3. The van der Waals surface area contributed by atoms with E-state index in [-0.39, 0.29) is 31.6 Å². The molecule has 79 heavy (non-hydrogen) atoms. The van der Waals surface area contributed by atoms with E-state index in [2.05, 4.69) is 142 Å². The quantitative estimate of drug-likeness (QED) is 0.0261. The second kappa shape index (κ2) is 66.1. The van der Waals surface area contributed by atoms with E-state index in [1.54, 1.807) is 6.08 Å². The SMILES string of the molecule is CC/C=C\C/C=C\C/C=C\C/C=C\C/C=C\CCCCCCCCCCCCCCCCCCCC(=O)OCC(COC(=O)CCCCCCC/C=C\CCCCCC)OC(=O)C/C=C\C/C=C\C/C=C\C/C=C\C/C=C\CC. The zero-order valence-electron chi connectivity index (χ0n) is 51.3. The van der Waals surface area contributed by atoms with Crippen LogP contribution >= 0.6 is 0 Å². The van der Waals surface area contributed by atoms with Crippen LogP contribution in [-0.2, 0) is 28.6 Å². The maximum absolute atomic E-state index is 12.8. The van der Waals surface area contributed by atoms with Gasteiger partial charge in [-0.2, -0.15) is 0 Å². The third-order valence-electron chi connectivity index (χ3n) is 13.7. The Morgan fingerprint density at radius 3 is 0.848 bits per heavy atom. The Balaban J connectivity index is 4.23. The molecule has 0 aromatic rings. The van der Waals surface area contributed by atoms with Crippen molar-refractivity contribution in [2.75, 3.05) is 13.2 Å². The molecule has 0 aromatic heterocycles. The third-order valence-corrected chi connectivity index (χ3v) is 13.7. The first kappa shape index (κ1) is 74.5. The van der Waals surface area contributed by atoms with Crippen molar-refractivity contribution in [1.82, 2.24) is 0 Å². The van der Waals surface area contributed by atoms with Crippen LogP contribution in [0.3, 0.4) is 0 Å². The molecular weight excluding hydrogens is 973 g/mol. The highest BCUT2D eigenvalue weighted by Crippen LogP contribution is 2.16. The molecule has 0 rings (SSSR count). The van der Waals surface area contributed by atoms with Crippen molar-refractivity contribution in [2.24, 2.45) is 0 Å². The van der Waals surface area contributed by atoms with Gasteiger partial charge in [0.1, 0.15) is 13.2 Å². The highest BCUT2D eigenvalue weighted by molar-refractivity contribution is 5.72. The first-order chi connectivity index (χ1) is 39.0. The lowest BCUT2D eigenvalue weighted by atomic mass is 10.0. The molecule has 6 heteroatoms. The lowest BCUT2D eigenvalue weighted by molar-refractivity contribution is -0.166. The van der Waals surface area contributed by atoms with Crippen molar-refractivity contribution >= 4 is 17.9 Å². The van der Waals surface area contributed by atoms with Crippen molar-refractivity contribution < 1.29 is 28.6 Å². The van der Waals surface area contributed by atoms with Crippen LogP contribution in [0, 0.1) is 0 Å². The van der Waals surface area contributed by atoms with Crippen LogP contribution in [0.1, 0.15) is 290 Å². The van der Waals surface area contributed by atoms with Gasteiger partial charge < -0.3 is 14.2 Å². The number of hydrogen-bond acceptors (Lipinski definition) is 6. The monoisotopic (exact) mass is 1090 g/mol. The fourth-order valence-corrected chi connectivity index (χ4v) is 8.83. The van der Waals surface area contributed by atoms with Crippen LogP contribution in [0.15, 0.2) is 134 Å². The largest absolute Gasteiger partial charge is 0.462 e. The maximum atomic E-state index is 12.8. The van der Waals surface area contributed by atoms with Crippen LogP contribution < -0.4 is 0 Å². The molecule has 0 heterocycles. The Morgan fingerprint density at radius 2 is 0.532 bits per heavy atom. The topological polar surface area (TPSA) is 78.9 Å². The molecule has 0 saturated carbocycles. The minimum absolute atomic E-state index is 0.0929. The van der Waals surface area contributed by atoms with Gasteiger partial charge in [-0.15, -0.1) is 0 Å². The normalized spacial score (nSPS) is 13.0. The van der Waals surface area contributed by atoms with Gasteiger partial charge in [-0.1, -0.05) is 289 Å². The molecule has 0 N–H and O–H groups in total.